The summed E-state index contributed by atoms with van der Waals surface area (Å²) in [6.07, 6.45) is 3.45. The zero-order chi connectivity index (χ0) is 15.1. The Morgan fingerprint density at radius 3 is 2.48 bits per heavy atom. The van der Waals surface area contributed by atoms with Crippen LogP contribution in [0.4, 0.5) is 4.39 Å². The van der Waals surface area contributed by atoms with Gasteiger partial charge in [0.05, 0.1) is 11.8 Å². The number of benzene rings is 2. The first-order valence-corrected chi connectivity index (χ1v) is 6.48. The lowest BCUT2D eigenvalue weighted by Gasteiger charge is -2.00. The van der Waals surface area contributed by atoms with Crippen molar-refractivity contribution in [3.8, 4) is 0 Å². The maximum absolute atomic E-state index is 13.4. The predicted molar refractivity (Wildman–Crippen MR) is 82.5 cm³/mol. The molecule has 0 aliphatic carbocycles. The average molecular weight is 282 g/mol. The summed E-state index contributed by atoms with van der Waals surface area (Å²) in [5, 5.41) is 3.83. The first-order valence-electron chi connectivity index (χ1n) is 6.48. The van der Waals surface area contributed by atoms with Gasteiger partial charge in [-0.1, -0.05) is 48.5 Å². The van der Waals surface area contributed by atoms with Gasteiger partial charge in [-0.3, -0.25) is 4.79 Å². The van der Waals surface area contributed by atoms with Crippen LogP contribution in [0.15, 0.2) is 65.3 Å². The molecule has 0 aliphatic rings. The molecule has 0 heterocycles. The van der Waals surface area contributed by atoms with Crippen LogP contribution in [0, 0.1) is 5.82 Å². The van der Waals surface area contributed by atoms with Gasteiger partial charge in [0.25, 0.3) is 5.91 Å². The molecule has 21 heavy (non-hydrogen) atoms. The number of amides is 1. The van der Waals surface area contributed by atoms with Gasteiger partial charge >= 0.3 is 0 Å². The van der Waals surface area contributed by atoms with Crippen molar-refractivity contribution in [2.75, 3.05) is 0 Å². The quantitative estimate of drug-likeness (QED) is 0.675. The molecule has 0 unspecified atom stereocenters. The van der Waals surface area contributed by atoms with Gasteiger partial charge in [0.1, 0.15) is 5.82 Å². The van der Waals surface area contributed by atoms with E-state index in [-0.39, 0.29) is 5.56 Å². The van der Waals surface area contributed by atoms with Crippen molar-refractivity contribution < 1.29 is 9.18 Å². The minimum atomic E-state index is -0.572. The lowest BCUT2D eigenvalue weighted by Crippen LogP contribution is -2.18. The lowest BCUT2D eigenvalue weighted by molar-refractivity contribution is 0.0951. The third kappa shape index (κ3) is 4.38. The van der Waals surface area contributed by atoms with Crippen molar-refractivity contribution in [1.82, 2.24) is 5.43 Å². The van der Waals surface area contributed by atoms with Gasteiger partial charge < -0.3 is 0 Å². The van der Waals surface area contributed by atoms with Gasteiger partial charge in [0, 0.05) is 0 Å². The summed E-state index contributed by atoms with van der Waals surface area (Å²) in [6.45, 7) is 1.87. The van der Waals surface area contributed by atoms with Gasteiger partial charge in [-0.05, 0) is 30.2 Å². The minimum Gasteiger partial charge on any atom is -0.267 e. The second-order valence-corrected chi connectivity index (χ2v) is 4.48. The Morgan fingerprint density at radius 1 is 1.10 bits per heavy atom. The molecule has 0 radical (unpaired) electrons. The van der Waals surface area contributed by atoms with Gasteiger partial charge in [-0.15, -0.1) is 0 Å². The fourth-order valence-electron chi connectivity index (χ4n) is 1.75. The fourth-order valence-corrected chi connectivity index (χ4v) is 1.75. The van der Waals surface area contributed by atoms with Crippen molar-refractivity contribution in [2.24, 2.45) is 5.10 Å². The van der Waals surface area contributed by atoms with E-state index < -0.39 is 11.7 Å². The summed E-state index contributed by atoms with van der Waals surface area (Å²) in [7, 11) is 0. The monoisotopic (exact) mass is 282 g/mol. The molecule has 2 aromatic rings. The number of allylic oxidation sites excluding steroid dienone is 1. The molecular formula is C17H15FN2O. The van der Waals surface area contributed by atoms with E-state index in [9.17, 15) is 9.18 Å². The first-order chi connectivity index (χ1) is 10.2. The highest BCUT2D eigenvalue weighted by molar-refractivity contribution is 5.95. The van der Waals surface area contributed by atoms with Crippen LogP contribution in [0.5, 0.6) is 0 Å². The van der Waals surface area contributed by atoms with E-state index in [0.717, 1.165) is 11.1 Å². The predicted octanol–water partition coefficient (Wildman–Crippen LogP) is 3.64. The molecule has 1 amide bonds. The third-order valence-corrected chi connectivity index (χ3v) is 2.75. The Bertz CT molecular complexity index is 678. The van der Waals surface area contributed by atoms with Gasteiger partial charge in [-0.25, -0.2) is 9.82 Å². The average Bonchev–Trinajstić information content (AvgIpc) is 2.48. The van der Waals surface area contributed by atoms with Crippen molar-refractivity contribution in [2.45, 2.75) is 6.92 Å². The Morgan fingerprint density at radius 2 is 1.76 bits per heavy atom. The number of hydrogen-bond donors (Lipinski definition) is 1. The lowest BCUT2D eigenvalue weighted by atomic mass is 10.1. The first kappa shape index (κ1) is 14.7. The summed E-state index contributed by atoms with van der Waals surface area (Å²) in [5.74, 6) is -1.14. The number of hydrazone groups is 1. The molecule has 1 N–H and O–H groups in total. The number of nitrogens with one attached hydrogen (secondary N) is 1. The second kappa shape index (κ2) is 7.14. The zero-order valence-electron chi connectivity index (χ0n) is 11.6. The molecule has 0 aliphatic heterocycles. The fraction of sp³-hybridized carbons (Fsp3) is 0.0588. The maximum Gasteiger partial charge on any atom is 0.274 e. The van der Waals surface area contributed by atoms with Gasteiger partial charge in [-0.2, -0.15) is 5.10 Å². The molecule has 2 aromatic carbocycles. The van der Waals surface area contributed by atoms with E-state index >= 15 is 0 Å². The summed E-state index contributed by atoms with van der Waals surface area (Å²) < 4.78 is 13.4. The number of nitrogens with zero attached hydrogens (tertiary/aromatic N) is 1. The van der Waals surface area contributed by atoms with Crippen LogP contribution in [0.25, 0.3) is 6.08 Å². The summed E-state index contributed by atoms with van der Waals surface area (Å²) >= 11 is 0. The Labute approximate surface area is 122 Å². The van der Waals surface area contributed by atoms with E-state index in [1.165, 1.54) is 24.4 Å². The highest BCUT2D eigenvalue weighted by Gasteiger charge is 2.08. The van der Waals surface area contributed by atoms with Crippen molar-refractivity contribution in [1.29, 1.82) is 0 Å². The van der Waals surface area contributed by atoms with Crippen LogP contribution in [0.1, 0.15) is 22.8 Å². The van der Waals surface area contributed by atoms with Crippen molar-refractivity contribution >= 4 is 18.2 Å². The van der Waals surface area contributed by atoms with E-state index in [0.29, 0.717) is 0 Å². The molecule has 106 valence electrons. The number of halogens is 1. The van der Waals surface area contributed by atoms with E-state index in [2.05, 4.69) is 10.5 Å². The standard InChI is InChI=1S/C17H15FN2O/c1-13(11-14-7-3-2-4-8-14)12-19-20-17(21)15-9-5-6-10-16(15)18/h2-12H,1H3,(H,20,21). The third-order valence-electron chi connectivity index (χ3n) is 2.75. The topological polar surface area (TPSA) is 41.5 Å². The summed E-state index contributed by atoms with van der Waals surface area (Å²) in [5.41, 5.74) is 4.19. The number of rotatable bonds is 4. The highest BCUT2D eigenvalue weighted by Crippen LogP contribution is 2.06. The summed E-state index contributed by atoms with van der Waals surface area (Å²) in [6, 6.07) is 15.5. The molecule has 4 heteroatoms. The molecule has 3 nitrogen and oxygen atoms in total. The molecule has 0 fully saturated rings. The number of hydrogen-bond acceptors (Lipinski definition) is 2. The zero-order valence-corrected chi connectivity index (χ0v) is 11.6. The van der Waals surface area contributed by atoms with Crippen molar-refractivity contribution in [3.05, 3.63) is 77.1 Å². The van der Waals surface area contributed by atoms with Crippen LogP contribution in [0.3, 0.4) is 0 Å². The molecule has 2 rings (SSSR count). The maximum atomic E-state index is 13.4. The highest BCUT2D eigenvalue weighted by atomic mass is 19.1. The molecule has 0 spiro atoms. The Balaban J connectivity index is 1.98. The van der Waals surface area contributed by atoms with E-state index in [1.807, 2.05) is 43.3 Å². The van der Waals surface area contributed by atoms with Gasteiger partial charge in [0.2, 0.25) is 0 Å². The SMILES string of the molecule is CC(C=NNC(=O)c1ccccc1F)=Cc1ccccc1. The second-order valence-electron chi connectivity index (χ2n) is 4.48. The van der Waals surface area contributed by atoms with E-state index in [4.69, 9.17) is 0 Å². The molecule has 0 atom stereocenters. The van der Waals surface area contributed by atoms with Crippen LogP contribution >= 0.6 is 0 Å². The number of carbonyl (C=O) groups excluding carboxylic acids is 1. The normalized spacial score (nSPS) is 11.6. The minimum absolute atomic E-state index is 0.0284. The van der Waals surface area contributed by atoms with Crippen LogP contribution in [-0.2, 0) is 0 Å². The smallest absolute Gasteiger partial charge is 0.267 e. The van der Waals surface area contributed by atoms with Crippen molar-refractivity contribution in [3.63, 3.8) is 0 Å². The van der Waals surface area contributed by atoms with E-state index in [1.54, 1.807) is 6.07 Å². The molecule has 0 aromatic heterocycles. The molecule has 0 bridgehead atoms. The van der Waals surface area contributed by atoms with Crippen LogP contribution in [0.2, 0.25) is 0 Å². The Kier molecular flexibility index (Phi) is 4.99. The van der Waals surface area contributed by atoms with Gasteiger partial charge in [0.15, 0.2) is 0 Å². The van der Waals surface area contributed by atoms with Crippen LogP contribution in [-0.4, -0.2) is 12.1 Å². The molecule has 0 saturated carbocycles. The van der Waals surface area contributed by atoms with Crippen LogP contribution < -0.4 is 5.43 Å². The largest absolute Gasteiger partial charge is 0.274 e. The molecular weight excluding hydrogens is 267 g/mol. The Hall–Kier alpha value is -2.75. The summed E-state index contributed by atoms with van der Waals surface area (Å²) in [4.78, 5) is 11.7. The molecule has 0 saturated heterocycles. The number of carbonyl (C=O) groups is 1.